The third-order valence-electron chi connectivity index (χ3n) is 2.08. The first kappa shape index (κ1) is 11.6. The summed E-state index contributed by atoms with van der Waals surface area (Å²) >= 11 is 0. The molecule has 0 fully saturated rings. The molecular weight excluding hydrogens is 188 g/mol. The molecule has 0 aromatic heterocycles. The van der Waals surface area contributed by atoms with E-state index in [-0.39, 0.29) is 0 Å². The molecule has 0 bridgehead atoms. The molecule has 0 saturated carbocycles. The molecule has 0 aliphatic rings. The molecule has 0 spiro atoms. The number of aryl methyl sites for hydroxylation is 1. The highest BCUT2D eigenvalue weighted by atomic mass is 16.5. The zero-order valence-corrected chi connectivity index (χ0v) is 9.83. The molecule has 0 atom stereocenters. The van der Waals surface area contributed by atoms with Crippen molar-refractivity contribution in [2.24, 2.45) is 0 Å². The number of hydrogen-bond acceptors (Lipinski definition) is 2. The van der Waals surface area contributed by atoms with Gasteiger partial charge in [-0.3, -0.25) is 0 Å². The van der Waals surface area contributed by atoms with Crippen molar-refractivity contribution in [3.05, 3.63) is 29.3 Å². The smallest absolute Gasteiger partial charge is 0.167 e. The minimum absolute atomic E-state index is 0.648. The molecule has 0 unspecified atom stereocenters. The topological polar surface area (TPSA) is 18.5 Å². The van der Waals surface area contributed by atoms with Gasteiger partial charge in [0.15, 0.2) is 11.5 Å². The maximum Gasteiger partial charge on any atom is 0.167 e. The second-order valence-electron chi connectivity index (χ2n) is 3.32. The van der Waals surface area contributed by atoms with Gasteiger partial charge in [-0.25, -0.2) is 0 Å². The summed E-state index contributed by atoms with van der Waals surface area (Å²) in [6.07, 6.45) is 4.02. The van der Waals surface area contributed by atoms with E-state index in [1.807, 2.05) is 32.1 Å². The lowest BCUT2D eigenvalue weighted by Crippen LogP contribution is -1.97. The van der Waals surface area contributed by atoms with Gasteiger partial charge < -0.3 is 9.47 Å². The molecule has 0 aliphatic heterocycles. The highest BCUT2D eigenvalue weighted by Gasteiger charge is 2.08. The second kappa shape index (κ2) is 5.44. The van der Waals surface area contributed by atoms with E-state index in [1.165, 1.54) is 5.56 Å². The van der Waals surface area contributed by atoms with Crippen molar-refractivity contribution in [3.63, 3.8) is 0 Å². The summed E-state index contributed by atoms with van der Waals surface area (Å²) in [5, 5.41) is 0. The first-order valence-corrected chi connectivity index (χ1v) is 5.17. The quantitative estimate of drug-likeness (QED) is 0.751. The number of ether oxygens (including phenoxy) is 2. The average Bonchev–Trinajstić information content (AvgIpc) is 2.18. The molecule has 0 N–H and O–H groups in total. The van der Waals surface area contributed by atoms with Crippen LogP contribution >= 0.6 is 0 Å². The summed E-state index contributed by atoms with van der Waals surface area (Å²) in [5.74, 6) is 1.62. The van der Waals surface area contributed by atoms with Gasteiger partial charge in [0.05, 0.1) is 13.7 Å². The van der Waals surface area contributed by atoms with Gasteiger partial charge >= 0.3 is 0 Å². The van der Waals surface area contributed by atoms with Crippen LogP contribution in [0.1, 0.15) is 25.0 Å². The molecule has 0 radical (unpaired) electrons. The summed E-state index contributed by atoms with van der Waals surface area (Å²) in [5.41, 5.74) is 2.23. The third kappa shape index (κ3) is 2.75. The minimum Gasteiger partial charge on any atom is -0.492 e. The van der Waals surface area contributed by atoms with Gasteiger partial charge in [-0.15, -0.1) is 0 Å². The number of hydrogen-bond donors (Lipinski definition) is 0. The predicted octanol–water partition coefficient (Wildman–Crippen LogP) is 3.44. The molecule has 1 aromatic carbocycles. The van der Waals surface area contributed by atoms with E-state index in [2.05, 4.69) is 13.0 Å². The number of allylic oxidation sites excluding steroid dienone is 1. The molecule has 0 saturated heterocycles. The Hall–Kier alpha value is -1.44. The van der Waals surface area contributed by atoms with E-state index in [0.29, 0.717) is 6.61 Å². The van der Waals surface area contributed by atoms with Gasteiger partial charge in [0.25, 0.3) is 0 Å². The monoisotopic (exact) mass is 206 g/mol. The molecule has 1 rings (SSSR count). The van der Waals surface area contributed by atoms with E-state index < -0.39 is 0 Å². The molecule has 0 heterocycles. The summed E-state index contributed by atoms with van der Waals surface area (Å²) in [7, 11) is 1.67. The molecule has 15 heavy (non-hydrogen) atoms. The highest BCUT2D eigenvalue weighted by Crippen LogP contribution is 2.33. The predicted molar refractivity (Wildman–Crippen MR) is 63.6 cm³/mol. The van der Waals surface area contributed by atoms with Crippen LogP contribution in [0, 0.1) is 6.92 Å². The summed E-state index contributed by atoms with van der Waals surface area (Å²) in [6, 6.07) is 4.08. The second-order valence-corrected chi connectivity index (χ2v) is 3.32. The van der Waals surface area contributed by atoms with Gasteiger partial charge in [-0.2, -0.15) is 0 Å². The van der Waals surface area contributed by atoms with Crippen LogP contribution in [0.2, 0.25) is 0 Å². The fraction of sp³-hybridized carbons (Fsp3) is 0.385. The van der Waals surface area contributed by atoms with Crippen molar-refractivity contribution in [1.29, 1.82) is 0 Å². The highest BCUT2D eigenvalue weighted by molar-refractivity contribution is 5.63. The van der Waals surface area contributed by atoms with Crippen molar-refractivity contribution in [1.82, 2.24) is 0 Å². The molecule has 0 aliphatic carbocycles. The van der Waals surface area contributed by atoms with Crippen molar-refractivity contribution in [3.8, 4) is 11.5 Å². The fourth-order valence-corrected chi connectivity index (χ4v) is 1.55. The Morgan fingerprint density at radius 2 is 2.07 bits per heavy atom. The molecule has 0 amide bonds. The van der Waals surface area contributed by atoms with Gasteiger partial charge in [0.2, 0.25) is 0 Å². The Kier molecular flexibility index (Phi) is 4.22. The Balaban J connectivity index is 3.24. The Labute approximate surface area is 91.5 Å². The number of rotatable bonds is 4. The largest absolute Gasteiger partial charge is 0.492 e. The van der Waals surface area contributed by atoms with Gasteiger partial charge in [-0.1, -0.05) is 12.2 Å². The maximum atomic E-state index is 5.54. The number of methoxy groups -OCH3 is 1. The first-order valence-electron chi connectivity index (χ1n) is 5.17. The Morgan fingerprint density at radius 3 is 2.60 bits per heavy atom. The number of benzene rings is 1. The van der Waals surface area contributed by atoms with Crippen molar-refractivity contribution in [2.75, 3.05) is 13.7 Å². The van der Waals surface area contributed by atoms with Crippen molar-refractivity contribution in [2.45, 2.75) is 20.8 Å². The van der Waals surface area contributed by atoms with Gasteiger partial charge in [0, 0.05) is 5.56 Å². The van der Waals surface area contributed by atoms with E-state index in [4.69, 9.17) is 9.47 Å². The normalized spacial score (nSPS) is 10.7. The summed E-state index contributed by atoms with van der Waals surface area (Å²) in [6.45, 7) is 6.66. The van der Waals surface area contributed by atoms with E-state index in [0.717, 1.165) is 17.1 Å². The van der Waals surface area contributed by atoms with Crippen LogP contribution in [-0.2, 0) is 0 Å². The van der Waals surface area contributed by atoms with Crippen LogP contribution in [0.25, 0.3) is 6.08 Å². The van der Waals surface area contributed by atoms with E-state index >= 15 is 0 Å². The lowest BCUT2D eigenvalue weighted by Gasteiger charge is -2.13. The van der Waals surface area contributed by atoms with Crippen LogP contribution in [0.15, 0.2) is 18.2 Å². The van der Waals surface area contributed by atoms with Crippen LogP contribution in [-0.4, -0.2) is 13.7 Å². The Bertz CT molecular complexity index is 354. The zero-order chi connectivity index (χ0) is 11.3. The molecule has 2 heteroatoms. The van der Waals surface area contributed by atoms with E-state index in [1.54, 1.807) is 7.11 Å². The first-order chi connectivity index (χ1) is 7.22. The summed E-state index contributed by atoms with van der Waals surface area (Å²) < 4.78 is 10.9. The van der Waals surface area contributed by atoms with Gasteiger partial charge in [-0.05, 0) is 38.5 Å². The molecule has 82 valence electrons. The van der Waals surface area contributed by atoms with E-state index in [9.17, 15) is 0 Å². The standard InChI is InChI=1S/C13H18O2/c1-5-7-11-8-10(3)9-12(15-6-2)13(11)14-4/h5,7-9H,6H2,1-4H3. The maximum absolute atomic E-state index is 5.54. The summed E-state index contributed by atoms with van der Waals surface area (Å²) in [4.78, 5) is 0. The van der Waals surface area contributed by atoms with Crippen LogP contribution < -0.4 is 9.47 Å². The molecule has 1 aromatic rings. The SMILES string of the molecule is CC=Cc1cc(C)cc(OCC)c1OC. The molecule has 2 nitrogen and oxygen atoms in total. The Morgan fingerprint density at radius 1 is 1.33 bits per heavy atom. The van der Waals surface area contributed by atoms with Gasteiger partial charge in [0.1, 0.15) is 0 Å². The van der Waals surface area contributed by atoms with Crippen LogP contribution in [0.5, 0.6) is 11.5 Å². The zero-order valence-electron chi connectivity index (χ0n) is 9.83. The minimum atomic E-state index is 0.648. The third-order valence-corrected chi connectivity index (χ3v) is 2.08. The molecular formula is C13H18O2. The van der Waals surface area contributed by atoms with Crippen LogP contribution in [0.4, 0.5) is 0 Å². The van der Waals surface area contributed by atoms with Crippen molar-refractivity contribution < 1.29 is 9.47 Å². The van der Waals surface area contributed by atoms with Crippen molar-refractivity contribution >= 4 is 6.08 Å². The fourth-order valence-electron chi connectivity index (χ4n) is 1.55. The lowest BCUT2D eigenvalue weighted by atomic mass is 10.1. The van der Waals surface area contributed by atoms with Crippen LogP contribution in [0.3, 0.4) is 0 Å². The average molecular weight is 206 g/mol. The lowest BCUT2D eigenvalue weighted by molar-refractivity contribution is 0.310.